The van der Waals surface area contributed by atoms with Gasteiger partial charge in [0.05, 0.1) is 18.3 Å². The molecule has 2 aliphatic rings. The number of rotatable bonds is 4. The largest absolute Gasteiger partial charge is 0.493 e. The van der Waals surface area contributed by atoms with Crippen molar-refractivity contribution < 1.29 is 23.5 Å². The van der Waals surface area contributed by atoms with Crippen LogP contribution in [0.5, 0.6) is 5.75 Å². The molecule has 1 aliphatic heterocycles. The Morgan fingerprint density at radius 3 is 2.48 bits per heavy atom. The van der Waals surface area contributed by atoms with Gasteiger partial charge in [-0.25, -0.2) is 0 Å². The minimum atomic E-state index is -2.01. The first kappa shape index (κ1) is 23.9. The summed E-state index contributed by atoms with van der Waals surface area (Å²) in [7, 11) is -2.01. The van der Waals surface area contributed by atoms with E-state index in [0.29, 0.717) is 47.7 Å². The Morgan fingerprint density at radius 1 is 1.13 bits per heavy atom. The molecule has 1 aliphatic carbocycles. The predicted molar refractivity (Wildman–Crippen MR) is 125 cm³/mol. The lowest BCUT2D eigenvalue weighted by Gasteiger charge is -2.39. The first-order valence-corrected chi connectivity index (χ1v) is 14.2. The molecule has 0 saturated heterocycles. The summed E-state index contributed by atoms with van der Waals surface area (Å²) in [5.74, 6) is 0.219. The smallest absolute Gasteiger partial charge is 0.196 e. The number of ketones is 2. The van der Waals surface area contributed by atoms with Crippen molar-refractivity contribution >= 4 is 19.9 Å². The zero-order valence-corrected chi connectivity index (χ0v) is 21.0. The van der Waals surface area contributed by atoms with Crippen molar-refractivity contribution in [3.8, 4) is 5.75 Å². The lowest BCUT2D eigenvalue weighted by atomic mass is 9.80. The van der Waals surface area contributed by atoms with Crippen LogP contribution < -0.4 is 4.74 Å². The normalized spacial score (nSPS) is 21.5. The van der Waals surface area contributed by atoms with Crippen molar-refractivity contribution in [1.29, 1.82) is 0 Å². The van der Waals surface area contributed by atoms with Crippen LogP contribution in [0.2, 0.25) is 18.1 Å². The summed E-state index contributed by atoms with van der Waals surface area (Å²) in [5.41, 5.74) is 1.78. The Bertz CT molecular complexity index is 894. The minimum absolute atomic E-state index is 0.0648. The highest BCUT2D eigenvalue weighted by Gasteiger charge is 2.41. The van der Waals surface area contributed by atoms with Crippen molar-refractivity contribution in [2.45, 2.75) is 84.2 Å². The van der Waals surface area contributed by atoms with Crippen LogP contribution in [-0.2, 0) is 9.16 Å². The third kappa shape index (κ3) is 4.86. The predicted octanol–water partition coefficient (Wildman–Crippen LogP) is 5.74. The Morgan fingerprint density at radius 2 is 1.81 bits per heavy atom. The van der Waals surface area contributed by atoms with E-state index in [9.17, 15) is 9.59 Å². The second-order valence-corrected chi connectivity index (χ2v) is 14.9. The number of hydrogen-bond acceptors (Lipinski definition) is 5. The van der Waals surface area contributed by atoms with Gasteiger partial charge in [0.25, 0.3) is 0 Å². The van der Waals surface area contributed by atoms with Gasteiger partial charge in [-0.2, -0.15) is 0 Å². The molecule has 0 radical (unpaired) electrons. The van der Waals surface area contributed by atoms with Crippen molar-refractivity contribution in [3.05, 3.63) is 40.5 Å². The van der Waals surface area contributed by atoms with Gasteiger partial charge in [0.1, 0.15) is 5.75 Å². The van der Waals surface area contributed by atoms with Gasteiger partial charge in [-0.3, -0.25) is 9.59 Å². The van der Waals surface area contributed by atoms with Gasteiger partial charge in [-0.1, -0.05) is 32.9 Å². The van der Waals surface area contributed by atoms with Crippen molar-refractivity contribution in [2.24, 2.45) is 0 Å². The van der Waals surface area contributed by atoms with Crippen LogP contribution in [0.1, 0.15) is 74.6 Å². The molecule has 0 spiro atoms. The summed E-state index contributed by atoms with van der Waals surface area (Å²) < 4.78 is 18.4. The van der Waals surface area contributed by atoms with E-state index in [0.717, 1.165) is 12.8 Å². The zero-order valence-electron chi connectivity index (χ0n) is 20.0. The molecule has 3 rings (SSSR count). The van der Waals surface area contributed by atoms with Crippen molar-refractivity contribution in [2.75, 3.05) is 13.2 Å². The van der Waals surface area contributed by atoms with E-state index in [2.05, 4.69) is 33.9 Å². The maximum Gasteiger partial charge on any atom is 0.196 e. The number of Topliss-reactive ketones (excluding diaryl/α,β-unsaturated/α-hetero) is 2. The lowest BCUT2D eigenvalue weighted by Crippen LogP contribution is -2.43. The molecule has 1 heterocycles. The standard InChI is InChI=1S/C25H36O5Si/c1-16(30-31(6,7)25(3,4)5)15-19-21-17(2)28-13-8-9-14-29-20-12-10-11-18(23(19)26)22(20)24(21)27/h10-12,16-17H,8-9,13-15H2,1-7H3. The van der Waals surface area contributed by atoms with Crippen molar-refractivity contribution in [3.63, 3.8) is 0 Å². The summed E-state index contributed by atoms with van der Waals surface area (Å²) in [4.78, 5) is 27.2. The molecule has 0 aromatic heterocycles. The maximum absolute atomic E-state index is 13.6. The lowest BCUT2D eigenvalue weighted by molar-refractivity contribution is 0.0727. The molecule has 0 fully saturated rings. The van der Waals surface area contributed by atoms with Crippen LogP contribution in [0.25, 0.3) is 0 Å². The van der Waals surface area contributed by atoms with Crippen LogP contribution in [0.4, 0.5) is 0 Å². The summed E-state index contributed by atoms with van der Waals surface area (Å²) in [5, 5.41) is 0.0648. The Balaban J connectivity index is 2.03. The van der Waals surface area contributed by atoms with Crippen LogP contribution >= 0.6 is 0 Å². The van der Waals surface area contributed by atoms with E-state index < -0.39 is 14.4 Å². The summed E-state index contributed by atoms with van der Waals surface area (Å²) in [6.45, 7) is 15.9. The fraction of sp³-hybridized carbons (Fsp3) is 0.600. The summed E-state index contributed by atoms with van der Waals surface area (Å²) in [6, 6.07) is 5.29. The second-order valence-electron chi connectivity index (χ2n) is 10.2. The van der Waals surface area contributed by atoms with Crippen LogP contribution in [0.3, 0.4) is 0 Å². The fourth-order valence-corrected chi connectivity index (χ4v) is 5.45. The molecule has 1 aromatic carbocycles. The second kappa shape index (κ2) is 9.00. The molecule has 170 valence electrons. The highest BCUT2D eigenvalue weighted by atomic mass is 28.4. The quantitative estimate of drug-likeness (QED) is 0.554. The van der Waals surface area contributed by atoms with E-state index in [1.807, 2.05) is 13.8 Å². The topological polar surface area (TPSA) is 61.8 Å². The molecular weight excluding hydrogens is 408 g/mol. The minimum Gasteiger partial charge on any atom is -0.493 e. The zero-order chi connectivity index (χ0) is 23.0. The van der Waals surface area contributed by atoms with Gasteiger partial charge in [0, 0.05) is 35.8 Å². The van der Waals surface area contributed by atoms with Crippen LogP contribution in [-0.4, -0.2) is 45.3 Å². The van der Waals surface area contributed by atoms with Gasteiger partial charge in [0.15, 0.2) is 19.9 Å². The van der Waals surface area contributed by atoms with Crippen molar-refractivity contribution in [1.82, 2.24) is 0 Å². The molecule has 2 atom stereocenters. The summed E-state index contributed by atoms with van der Waals surface area (Å²) >= 11 is 0. The molecular formula is C25H36O5Si. The third-order valence-corrected chi connectivity index (χ3v) is 11.3. The van der Waals surface area contributed by atoms with Gasteiger partial charge in [0.2, 0.25) is 0 Å². The molecule has 6 heteroatoms. The fourth-order valence-electron chi connectivity index (χ4n) is 4.00. The molecule has 1 aromatic rings. The maximum atomic E-state index is 13.6. The Kier molecular flexibility index (Phi) is 6.94. The molecule has 0 N–H and O–H groups in total. The first-order valence-electron chi connectivity index (χ1n) is 11.3. The monoisotopic (exact) mass is 444 g/mol. The molecule has 2 unspecified atom stereocenters. The van der Waals surface area contributed by atoms with Gasteiger partial charge in [-0.05, 0) is 50.9 Å². The molecule has 0 amide bonds. The highest BCUT2D eigenvalue weighted by molar-refractivity contribution is 6.74. The molecule has 5 nitrogen and oxygen atoms in total. The number of hydrogen-bond donors (Lipinski definition) is 0. The molecule has 0 saturated carbocycles. The average molecular weight is 445 g/mol. The summed E-state index contributed by atoms with van der Waals surface area (Å²) in [6.07, 6.45) is 1.44. The number of ether oxygens (including phenoxy) is 2. The van der Waals surface area contributed by atoms with Crippen LogP contribution in [0, 0.1) is 0 Å². The number of fused-ring (bicyclic) bond motifs is 1. The van der Waals surface area contributed by atoms with Gasteiger partial charge < -0.3 is 13.9 Å². The van der Waals surface area contributed by atoms with Crippen LogP contribution in [0.15, 0.2) is 29.3 Å². The van der Waals surface area contributed by atoms with E-state index in [1.165, 1.54) is 0 Å². The van der Waals surface area contributed by atoms with Gasteiger partial charge in [-0.15, -0.1) is 0 Å². The van der Waals surface area contributed by atoms with E-state index in [4.69, 9.17) is 13.9 Å². The van der Waals surface area contributed by atoms with E-state index >= 15 is 0 Å². The average Bonchev–Trinajstić information content (AvgIpc) is 2.68. The Hall–Kier alpha value is -1.76. The first-order chi connectivity index (χ1) is 14.4. The van der Waals surface area contributed by atoms with Gasteiger partial charge >= 0.3 is 0 Å². The highest BCUT2D eigenvalue weighted by Crippen LogP contribution is 2.40. The third-order valence-electron chi connectivity index (χ3n) is 6.71. The molecule has 31 heavy (non-hydrogen) atoms. The number of benzene rings is 1. The number of carbonyl (C=O) groups is 2. The SMILES string of the molecule is CC(CC1=C2C(=O)c3c(cccc3C1=O)OCCCCOC2C)O[Si](C)(C)C(C)(C)C. The Labute approximate surface area is 187 Å². The molecule has 2 bridgehead atoms. The number of carbonyl (C=O) groups excluding carboxylic acids is 2. The van der Waals surface area contributed by atoms with E-state index in [1.54, 1.807) is 18.2 Å². The van der Waals surface area contributed by atoms with E-state index in [-0.39, 0.29) is 22.7 Å².